The van der Waals surface area contributed by atoms with Crippen LogP contribution < -0.4 is 0 Å². The molecule has 2 atom stereocenters. The molecule has 15 heavy (non-hydrogen) atoms. The minimum absolute atomic E-state index is 0.180. The summed E-state index contributed by atoms with van der Waals surface area (Å²) in [6, 6.07) is 0. The Bertz CT molecular complexity index is 309. The van der Waals surface area contributed by atoms with Crippen LogP contribution in [0.25, 0.3) is 0 Å². The van der Waals surface area contributed by atoms with Crippen molar-refractivity contribution in [2.24, 2.45) is 5.10 Å². The molecule has 6 nitrogen and oxygen atoms in total. The van der Waals surface area contributed by atoms with Crippen molar-refractivity contribution in [2.45, 2.75) is 26.1 Å². The van der Waals surface area contributed by atoms with Gasteiger partial charge in [0.15, 0.2) is 11.6 Å². The molecular weight excluding hydrogens is 196 g/mol. The molecule has 0 spiro atoms. The lowest BCUT2D eigenvalue weighted by Crippen LogP contribution is -2.09. The maximum atomic E-state index is 5.15. The molecule has 6 heteroatoms. The van der Waals surface area contributed by atoms with Gasteiger partial charge in [0.05, 0.1) is 0 Å². The van der Waals surface area contributed by atoms with Crippen molar-refractivity contribution in [1.82, 2.24) is 14.9 Å². The fourth-order valence-electron chi connectivity index (χ4n) is 1.17. The molecule has 0 aliphatic rings. The zero-order chi connectivity index (χ0) is 11.4. The van der Waals surface area contributed by atoms with Crippen molar-refractivity contribution < 1.29 is 9.47 Å². The van der Waals surface area contributed by atoms with Gasteiger partial charge in [0.2, 0.25) is 0 Å². The molecule has 0 radical (unpaired) electrons. The van der Waals surface area contributed by atoms with E-state index in [1.807, 2.05) is 13.8 Å². The number of ether oxygens (including phenoxy) is 2. The summed E-state index contributed by atoms with van der Waals surface area (Å²) in [5.41, 5.74) is 0. The number of nitrogens with zero attached hydrogens (tertiary/aromatic N) is 4. The summed E-state index contributed by atoms with van der Waals surface area (Å²) in [7, 11) is 3.21. The monoisotopic (exact) mass is 212 g/mol. The number of hydrogen-bond donors (Lipinski definition) is 0. The van der Waals surface area contributed by atoms with E-state index >= 15 is 0 Å². The molecule has 1 heterocycles. The highest BCUT2D eigenvalue weighted by Crippen LogP contribution is 2.19. The topological polar surface area (TPSA) is 61.5 Å². The Morgan fingerprint density at radius 1 is 1.13 bits per heavy atom. The van der Waals surface area contributed by atoms with Gasteiger partial charge in [0, 0.05) is 20.9 Å². The van der Waals surface area contributed by atoms with Gasteiger partial charge in [-0.1, -0.05) is 0 Å². The quantitative estimate of drug-likeness (QED) is 0.687. The Morgan fingerprint density at radius 2 is 1.53 bits per heavy atom. The molecule has 0 fully saturated rings. The lowest BCUT2D eigenvalue weighted by atomic mass is 10.3. The number of methoxy groups -OCH3 is 2. The van der Waals surface area contributed by atoms with Gasteiger partial charge < -0.3 is 9.47 Å². The van der Waals surface area contributed by atoms with Crippen LogP contribution in [0.5, 0.6) is 0 Å². The second-order valence-electron chi connectivity index (χ2n) is 3.13. The Balaban J connectivity index is 3.10. The highest BCUT2D eigenvalue weighted by atomic mass is 16.5. The Hall–Kier alpha value is -1.27. The van der Waals surface area contributed by atoms with Crippen molar-refractivity contribution in [3.05, 3.63) is 11.6 Å². The van der Waals surface area contributed by atoms with Crippen LogP contribution in [0.4, 0.5) is 0 Å². The minimum atomic E-state index is -0.180. The SMILES string of the molecule is C=Nn1c([C@H](C)OC)nnc1[C@H](C)OC. The van der Waals surface area contributed by atoms with E-state index in [0.717, 1.165) is 0 Å². The lowest BCUT2D eigenvalue weighted by Gasteiger charge is -2.11. The van der Waals surface area contributed by atoms with E-state index in [0.29, 0.717) is 11.6 Å². The standard InChI is InChI=1S/C9H16N4O2/c1-6(14-4)8-11-12-9(7(2)15-5)13(8)10-3/h6-7H,3H2,1-2,4-5H3/t6-,7-/m0/s1. The molecule has 1 rings (SSSR count). The summed E-state index contributed by atoms with van der Waals surface area (Å²) < 4.78 is 11.9. The molecule has 0 aromatic carbocycles. The van der Waals surface area contributed by atoms with E-state index in [1.165, 1.54) is 0 Å². The second kappa shape index (κ2) is 4.99. The number of hydrogen-bond acceptors (Lipinski definition) is 5. The van der Waals surface area contributed by atoms with Gasteiger partial charge in [-0.25, -0.2) is 0 Å². The molecular formula is C9H16N4O2. The minimum Gasteiger partial charge on any atom is -0.374 e. The van der Waals surface area contributed by atoms with Crippen LogP contribution >= 0.6 is 0 Å². The third-order valence-corrected chi connectivity index (χ3v) is 2.26. The van der Waals surface area contributed by atoms with Crippen LogP contribution in [0, 0.1) is 0 Å². The average molecular weight is 212 g/mol. The van der Waals surface area contributed by atoms with Crippen LogP contribution in [-0.4, -0.2) is 35.8 Å². The normalized spacial score (nSPS) is 14.9. The molecule has 0 bridgehead atoms. The second-order valence-corrected chi connectivity index (χ2v) is 3.13. The van der Waals surface area contributed by atoms with E-state index < -0.39 is 0 Å². The first-order valence-corrected chi connectivity index (χ1v) is 4.63. The molecule has 0 unspecified atom stereocenters. The maximum Gasteiger partial charge on any atom is 0.183 e. The first kappa shape index (κ1) is 11.8. The van der Waals surface area contributed by atoms with Crippen molar-refractivity contribution in [2.75, 3.05) is 14.2 Å². The van der Waals surface area contributed by atoms with Crippen molar-refractivity contribution in [3.8, 4) is 0 Å². The predicted octanol–water partition coefficient (Wildman–Crippen LogP) is 1.16. The van der Waals surface area contributed by atoms with Gasteiger partial charge in [-0.05, 0) is 13.8 Å². The molecule has 0 aliphatic heterocycles. The lowest BCUT2D eigenvalue weighted by molar-refractivity contribution is 0.101. The molecule has 0 N–H and O–H groups in total. The molecule has 0 saturated heterocycles. The summed E-state index contributed by atoms with van der Waals surface area (Å²) in [4.78, 5) is 0. The van der Waals surface area contributed by atoms with Crippen LogP contribution in [0.3, 0.4) is 0 Å². The Kier molecular flexibility index (Phi) is 3.93. The predicted molar refractivity (Wildman–Crippen MR) is 55.8 cm³/mol. The van der Waals surface area contributed by atoms with Crippen molar-refractivity contribution >= 4 is 6.72 Å². The summed E-state index contributed by atoms with van der Waals surface area (Å²) in [5.74, 6) is 1.23. The third-order valence-electron chi connectivity index (χ3n) is 2.26. The number of rotatable bonds is 5. The zero-order valence-corrected chi connectivity index (χ0v) is 9.47. The fourth-order valence-corrected chi connectivity index (χ4v) is 1.17. The van der Waals surface area contributed by atoms with Gasteiger partial charge >= 0.3 is 0 Å². The highest BCUT2D eigenvalue weighted by molar-refractivity contribution is 5.24. The summed E-state index contributed by atoms with van der Waals surface area (Å²) in [6.45, 7) is 7.22. The van der Waals surface area contributed by atoms with E-state index in [-0.39, 0.29) is 12.2 Å². The average Bonchev–Trinajstić information content (AvgIpc) is 2.70. The van der Waals surface area contributed by atoms with Crippen LogP contribution in [0.2, 0.25) is 0 Å². The van der Waals surface area contributed by atoms with Gasteiger partial charge in [-0.2, -0.15) is 9.78 Å². The summed E-state index contributed by atoms with van der Waals surface area (Å²) in [6.07, 6.45) is -0.360. The van der Waals surface area contributed by atoms with Gasteiger partial charge in [0.25, 0.3) is 0 Å². The van der Waals surface area contributed by atoms with Gasteiger partial charge in [0.1, 0.15) is 12.2 Å². The molecule has 0 saturated carbocycles. The Morgan fingerprint density at radius 3 is 1.80 bits per heavy atom. The molecule has 1 aromatic rings. The van der Waals surface area contributed by atoms with Crippen LogP contribution in [0.15, 0.2) is 5.10 Å². The fraction of sp³-hybridized carbons (Fsp3) is 0.667. The van der Waals surface area contributed by atoms with E-state index in [2.05, 4.69) is 22.0 Å². The number of aromatic nitrogens is 3. The first-order chi connectivity index (χ1) is 7.15. The van der Waals surface area contributed by atoms with Crippen LogP contribution in [0.1, 0.15) is 37.7 Å². The van der Waals surface area contributed by atoms with Gasteiger partial charge in [-0.15, -0.1) is 10.2 Å². The Labute approximate surface area is 88.9 Å². The molecule has 0 aliphatic carbocycles. The van der Waals surface area contributed by atoms with Crippen molar-refractivity contribution in [3.63, 3.8) is 0 Å². The smallest absolute Gasteiger partial charge is 0.183 e. The summed E-state index contributed by atoms with van der Waals surface area (Å²) >= 11 is 0. The maximum absolute atomic E-state index is 5.15. The van der Waals surface area contributed by atoms with E-state index in [9.17, 15) is 0 Å². The zero-order valence-electron chi connectivity index (χ0n) is 9.47. The third kappa shape index (κ3) is 2.21. The molecule has 84 valence electrons. The van der Waals surface area contributed by atoms with E-state index in [4.69, 9.17) is 9.47 Å². The first-order valence-electron chi connectivity index (χ1n) is 4.63. The van der Waals surface area contributed by atoms with Crippen molar-refractivity contribution in [1.29, 1.82) is 0 Å². The van der Waals surface area contributed by atoms with Crippen LogP contribution in [-0.2, 0) is 9.47 Å². The molecule has 1 aromatic heterocycles. The molecule has 0 amide bonds. The van der Waals surface area contributed by atoms with E-state index in [1.54, 1.807) is 18.9 Å². The summed E-state index contributed by atoms with van der Waals surface area (Å²) in [5, 5.41) is 11.9. The largest absolute Gasteiger partial charge is 0.374 e. The van der Waals surface area contributed by atoms with Gasteiger partial charge in [-0.3, -0.25) is 0 Å². The highest BCUT2D eigenvalue weighted by Gasteiger charge is 2.20.